The van der Waals surface area contributed by atoms with Crippen LogP contribution < -0.4 is 0 Å². The van der Waals surface area contributed by atoms with E-state index >= 15 is 0 Å². The van der Waals surface area contributed by atoms with Crippen LogP contribution >= 0.6 is 0 Å². The van der Waals surface area contributed by atoms with Crippen LogP contribution in [0.25, 0.3) is 0 Å². The minimum Gasteiger partial charge on any atom is -0.207 e. The lowest BCUT2D eigenvalue weighted by Gasteiger charge is -2.25. The Morgan fingerprint density at radius 2 is 1.27 bits per heavy atom. The fourth-order valence-corrected chi connectivity index (χ4v) is 4.27. The summed E-state index contributed by atoms with van der Waals surface area (Å²) in [5.41, 5.74) is 1.19. The molecule has 0 saturated heterocycles. The molecule has 1 aromatic carbocycles. The highest BCUT2D eigenvalue weighted by atomic mass is 32.2. The molecule has 0 aromatic heterocycles. The predicted octanol–water partition coefficient (Wildman–Crippen LogP) is 4.19. The van der Waals surface area contributed by atoms with Crippen LogP contribution in [0.15, 0.2) is 29.2 Å². The van der Waals surface area contributed by atoms with E-state index in [1.54, 1.807) is 16.4 Å². The molecule has 3 nitrogen and oxygen atoms in total. The zero-order valence-corrected chi connectivity index (χ0v) is 15.7. The van der Waals surface area contributed by atoms with Crippen LogP contribution in [-0.4, -0.2) is 25.8 Å². The maximum atomic E-state index is 12.9. The van der Waals surface area contributed by atoms with Gasteiger partial charge in [0.15, 0.2) is 0 Å². The summed E-state index contributed by atoms with van der Waals surface area (Å²) in [6, 6.07) is 7.38. The van der Waals surface area contributed by atoms with Crippen molar-refractivity contribution < 1.29 is 8.42 Å². The fraction of sp³-hybridized carbons (Fsp3) is 0.667. The molecule has 0 unspecified atom stereocenters. The standard InChI is InChI=1S/C18H31NO2S/c1-14(2)11-17-7-9-18(10-8-17)22(20,21)19(12-15(3)4)13-16(5)6/h7-10,14-16H,11-13H2,1-6H3. The summed E-state index contributed by atoms with van der Waals surface area (Å²) in [7, 11) is -3.40. The summed E-state index contributed by atoms with van der Waals surface area (Å²) in [5, 5.41) is 0. The van der Waals surface area contributed by atoms with Gasteiger partial charge < -0.3 is 0 Å². The highest BCUT2D eigenvalue weighted by Gasteiger charge is 2.25. The fourth-order valence-electron chi connectivity index (χ4n) is 2.50. The average Bonchev–Trinajstić information content (AvgIpc) is 2.36. The van der Waals surface area contributed by atoms with E-state index in [-0.39, 0.29) is 0 Å². The van der Waals surface area contributed by atoms with Gasteiger partial charge >= 0.3 is 0 Å². The first-order valence-electron chi connectivity index (χ1n) is 8.22. The molecule has 0 saturated carbocycles. The third-order valence-electron chi connectivity index (χ3n) is 3.34. The van der Waals surface area contributed by atoms with Crippen molar-refractivity contribution in [2.45, 2.75) is 52.9 Å². The summed E-state index contributed by atoms with van der Waals surface area (Å²) in [5.74, 6) is 1.20. The van der Waals surface area contributed by atoms with Gasteiger partial charge in [0.2, 0.25) is 10.0 Å². The average molecular weight is 326 g/mol. The smallest absolute Gasteiger partial charge is 0.207 e. The van der Waals surface area contributed by atoms with Gasteiger partial charge in [0.05, 0.1) is 4.90 Å². The zero-order valence-electron chi connectivity index (χ0n) is 14.8. The van der Waals surface area contributed by atoms with Crippen LogP contribution in [0.4, 0.5) is 0 Å². The van der Waals surface area contributed by atoms with Gasteiger partial charge in [0.25, 0.3) is 0 Å². The first kappa shape index (κ1) is 19.2. The molecule has 1 rings (SSSR count). The van der Waals surface area contributed by atoms with Gasteiger partial charge in [0.1, 0.15) is 0 Å². The number of hydrogen-bond donors (Lipinski definition) is 0. The minimum absolute atomic E-state index is 0.314. The predicted molar refractivity (Wildman–Crippen MR) is 93.4 cm³/mol. The van der Waals surface area contributed by atoms with E-state index in [2.05, 4.69) is 41.5 Å². The van der Waals surface area contributed by atoms with Crippen molar-refractivity contribution in [2.75, 3.05) is 13.1 Å². The lowest BCUT2D eigenvalue weighted by Crippen LogP contribution is -2.37. The summed E-state index contributed by atoms with van der Waals surface area (Å²) in [6.45, 7) is 13.7. The van der Waals surface area contributed by atoms with Crippen LogP contribution in [0.2, 0.25) is 0 Å². The molecule has 0 amide bonds. The Balaban J connectivity index is 3.03. The quantitative estimate of drug-likeness (QED) is 0.719. The Morgan fingerprint density at radius 1 is 0.818 bits per heavy atom. The van der Waals surface area contributed by atoms with Crippen molar-refractivity contribution in [2.24, 2.45) is 17.8 Å². The molecule has 126 valence electrons. The molecule has 0 aliphatic heterocycles. The van der Waals surface area contributed by atoms with E-state index in [0.717, 1.165) is 6.42 Å². The Labute approximate surface area is 136 Å². The van der Waals surface area contributed by atoms with Crippen molar-refractivity contribution >= 4 is 10.0 Å². The van der Waals surface area contributed by atoms with E-state index in [1.807, 2.05) is 12.1 Å². The molecule has 4 heteroatoms. The Bertz CT molecular complexity index is 535. The molecule has 0 atom stereocenters. The molecule has 0 radical (unpaired) electrons. The highest BCUT2D eigenvalue weighted by molar-refractivity contribution is 7.89. The number of hydrogen-bond acceptors (Lipinski definition) is 2. The molecular formula is C18H31NO2S. The third kappa shape index (κ3) is 5.73. The first-order valence-corrected chi connectivity index (χ1v) is 9.66. The van der Waals surface area contributed by atoms with E-state index in [9.17, 15) is 8.42 Å². The van der Waals surface area contributed by atoms with Crippen molar-refractivity contribution in [3.63, 3.8) is 0 Å². The number of benzene rings is 1. The van der Waals surface area contributed by atoms with E-state index in [0.29, 0.717) is 35.7 Å². The van der Waals surface area contributed by atoms with Gasteiger partial charge in [-0.1, -0.05) is 53.7 Å². The third-order valence-corrected chi connectivity index (χ3v) is 5.19. The molecular weight excluding hydrogens is 294 g/mol. The summed E-state index contributed by atoms with van der Waals surface area (Å²) in [6.07, 6.45) is 0.974. The van der Waals surface area contributed by atoms with Gasteiger partial charge in [-0.05, 0) is 41.9 Å². The summed E-state index contributed by atoms with van der Waals surface area (Å²) >= 11 is 0. The second-order valence-corrected chi connectivity index (χ2v) is 9.29. The molecule has 0 heterocycles. The van der Waals surface area contributed by atoms with Gasteiger partial charge in [-0.15, -0.1) is 0 Å². The first-order chi connectivity index (χ1) is 10.1. The van der Waals surface area contributed by atoms with Gasteiger partial charge in [-0.25, -0.2) is 8.42 Å². The van der Waals surface area contributed by atoms with Gasteiger partial charge in [-0.2, -0.15) is 4.31 Å². The number of rotatable bonds is 8. The molecule has 0 N–H and O–H groups in total. The maximum absolute atomic E-state index is 12.9. The monoisotopic (exact) mass is 325 g/mol. The van der Waals surface area contributed by atoms with Crippen LogP contribution in [-0.2, 0) is 16.4 Å². The molecule has 0 fully saturated rings. The second kappa shape index (κ2) is 8.11. The normalized spacial score (nSPS) is 12.8. The van der Waals surface area contributed by atoms with Crippen molar-refractivity contribution in [1.29, 1.82) is 0 Å². The van der Waals surface area contributed by atoms with Crippen LogP contribution in [0.1, 0.15) is 47.1 Å². The van der Waals surface area contributed by atoms with Crippen molar-refractivity contribution in [1.82, 2.24) is 4.31 Å². The molecule has 0 bridgehead atoms. The molecule has 1 aromatic rings. The molecule has 0 spiro atoms. The second-order valence-electron chi connectivity index (χ2n) is 7.35. The molecule has 0 aliphatic carbocycles. The van der Waals surface area contributed by atoms with Gasteiger partial charge in [-0.3, -0.25) is 0 Å². The van der Waals surface area contributed by atoms with E-state index < -0.39 is 10.0 Å². The number of sulfonamides is 1. The maximum Gasteiger partial charge on any atom is 0.243 e. The van der Waals surface area contributed by atoms with Crippen LogP contribution in [0.3, 0.4) is 0 Å². The van der Waals surface area contributed by atoms with Crippen molar-refractivity contribution in [3.8, 4) is 0 Å². The Kier molecular flexibility index (Phi) is 7.07. The SMILES string of the molecule is CC(C)Cc1ccc(S(=O)(=O)N(CC(C)C)CC(C)C)cc1. The zero-order chi connectivity index (χ0) is 16.9. The lowest BCUT2D eigenvalue weighted by atomic mass is 10.0. The largest absolute Gasteiger partial charge is 0.243 e. The van der Waals surface area contributed by atoms with Crippen molar-refractivity contribution in [3.05, 3.63) is 29.8 Å². The Hall–Kier alpha value is -0.870. The number of nitrogens with zero attached hydrogens (tertiary/aromatic N) is 1. The summed E-state index contributed by atoms with van der Waals surface area (Å²) < 4.78 is 27.4. The lowest BCUT2D eigenvalue weighted by molar-refractivity contribution is 0.333. The van der Waals surface area contributed by atoms with Gasteiger partial charge in [0, 0.05) is 13.1 Å². The van der Waals surface area contributed by atoms with E-state index in [1.165, 1.54) is 5.56 Å². The molecule has 0 aliphatic rings. The summed E-state index contributed by atoms with van der Waals surface area (Å²) in [4.78, 5) is 0.404. The topological polar surface area (TPSA) is 37.4 Å². The van der Waals surface area contributed by atoms with Crippen LogP contribution in [0.5, 0.6) is 0 Å². The highest BCUT2D eigenvalue weighted by Crippen LogP contribution is 2.20. The molecule has 22 heavy (non-hydrogen) atoms. The van der Waals surface area contributed by atoms with E-state index in [4.69, 9.17) is 0 Å². The van der Waals surface area contributed by atoms with Crippen LogP contribution in [0, 0.1) is 17.8 Å². The minimum atomic E-state index is -3.40. The Morgan fingerprint density at radius 3 is 1.64 bits per heavy atom.